The first-order chi connectivity index (χ1) is 11.7. The number of hydrogen-bond acceptors (Lipinski definition) is 1. The Bertz CT molecular complexity index is 682. The van der Waals surface area contributed by atoms with Gasteiger partial charge in [-0.15, -0.1) is 0 Å². The molecule has 0 atom stereocenters. The Hall–Kier alpha value is -2.54. The van der Waals surface area contributed by atoms with Crippen molar-refractivity contribution in [2.75, 3.05) is 11.9 Å². The van der Waals surface area contributed by atoms with Crippen LogP contribution in [0, 0.1) is 0 Å². The molecule has 0 aromatic heterocycles. The minimum atomic E-state index is 0. The zero-order valence-electron chi connectivity index (χ0n) is 15.5. The van der Waals surface area contributed by atoms with Gasteiger partial charge in [0.2, 0.25) is 0 Å². The summed E-state index contributed by atoms with van der Waals surface area (Å²) in [6, 6.07) is 8.48. The molecule has 0 unspecified atom stereocenters. The Labute approximate surface area is 177 Å². The molecule has 158 valence electrons. The molecule has 0 spiro atoms. The van der Waals surface area contributed by atoms with E-state index in [4.69, 9.17) is 0 Å². The molecule has 0 aliphatic carbocycles. The van der Waals surface area contributed by atoms with Gasteiger partial charge in [-0.1, -0.05) is 116 Å². The highest BCUT2D eigenvalue weighted by atomic mass is 15.1. The van der Waals surface area contributed by atoms with Crippen molar-refractivity contribution < 1.29 is 0 Å². The SMILES string of the molecule is C.C.C.C.CC.CC=CC=CC=CC(C)=CC=C1C=CN(C)c2ccccc21. The van der Waals surface area contributed by atoms with E-state index in [1.807, 2.05) is 45.1 Å². The van der Waals surface area contributed by atoms with E-state index in [9.17, 15) is 0 Å². The lowest BCUT2D eigenvalue weighted by atomic mass is 9.99. The molecule has 0 N–H and O–H groups in total. The second kappa shape index (κ2) is 19.2. The molecule has 1 heteroatoms. The molecule has 1 heterocycles. The summed E-state index contributed by atoms with van der Waals surface area (Å²) < 4.78 is 0. The molecule has 1 aliphatic rings. The smallest absolute Gasteiger partial charge is 0.0483 e. The fourth-order valence-corrected chi connectivity index (χ4v) is 2.26. The third-order valence-corrected chi connectivity index (χ3v) is 3.48. The summed E-state index contributed by atoms with van der Waals surface area (Å²) in [5.74, 6) is 0. The average molecular weight is 384 g/mol. The summed E-state index contributed by atoms with van der Waals surface area (Å²) in [6.07, 6.45) is 20.9. The molecule has 1 aliphatic heterocycles. The first kappa shape index (κ1) is 33.1. The fourth-order valence-electron chi connectivity index (χ4n) is 2.26. The second-order valence-electron chi connectivity index (χ2n) is 5.25. The third kappa shape index (κ3) is 10.6. The molecule has 0 amide bonds. The molecule has 0 saturated carbocycles. The molecule has 1 nitrogen and oxygen atoms in total. The van der Waals surface area contributed by atoms with Crippen molar-refractivity contribution in [3.8, 4) is 0 Å². The number of benzene rings is 1. The fraction of sp³-hybridized carbons (Fsp3) is 0.333. The van der Waals surface area contributed by atoms with Crippen molar-refractivity contribution in [2.45, 2.75) is 57.4 Å². The van der Waals surface area contributed by atoms with Crippen molar-refractivity contribution in [3.05, 3.63) is 96.3 Å². The second-order valence-corrected chi connectivity index (χ2v) is 5.25. The van der Waals surface area contributed by atoms with E-state index in [0.29, 0.717) is 0 Å². The van der Waals surface area contributed by atoms with Gasteiger partial charge in [-0.3, -0.25) is 0 Å². The Morgan fingerprint density at radius 1 is 0.893 bits per heavy atom. The Balaban J connectivity index is -0.000000465. The molecule has 0 bridgehead atoms. The Morgan fingerprint density at radius 2 is 1.50 bits per heavy atom. The number of fused-ring (bicyclic) bond motifs is 1. The van der Waals surface area contributed by atoms with Crippen LogP contribution in [0.4, 0.5) is 5.69 Å². The van der Waals surface area contributed by atoms with Crippen LogP contribution in [0.15, 0.2) is 90.7 Å². The van der Waals surface area contributed by atoms with E-state index < -0.39 is 0 Å². The van der Waals surface area contributed by atoms with Gasteiger partial charge in [0.1, 0.15) is 0 Å². The molecular weight excluding hydrogens is 338 g/mol. The predicted molar refractivity (Wildman–Crippen MR) is 137 cm³/mol. The molecule has 1 aromatic carbocycles. The predicted octanol–water partition coefficient (Wildman–Crippen LogP) is 9.24. The molecule has 0 radical (unpaired) electrons. The van der Waals surface area contributed by atoms with Crippen molar-refractivity contribution in [2.24, 2.45) is 0 Å². The van der Waals surface area contributed by atoms with Gasteiger partial charge in [0.05, 0.1) is 0 Å². The minimum Gasteiger partial charge on any atom is -0.351 e. The lowest BCUT2D eigenvalue weighted by molar-refractivity contribution is 1.18. The summed E-state index contributed by atoms with van der Waals surface area (Å²) >= 11 is 0. The van der Waals surface area contributed by atoms with Crippen molar-refractivity contribution in [1.29, 1.82) is 0 Å². The Kier molecular flexibility index (Phi) is 22.7. The number of para-hydroxylation sites is 1. The zero-order valence-corrected chi connectivity index (χ0v) is 15.5. The van der Waals surface area contributed by atoms with E-state index in [-0.39, 0.29) is 29.7 Å². The van der Waals surface area contributed by atoms with Gasteiger partial charge in [-0.2, -0.15) is 0 Å². The van der Waals surface area contributed by atoms with Gasteiger partial charge in [-0.05, 0) is 31.6 Å². The van der Waals surface area contributed by atoms with Crippen molar-refractivity contribution in [3.63, 3.8) is 0 Å². The maximum absolute atomic E-state index is 2.18. The minimum absolute atomic E-state index is 0. The van der Waals surface area contributed by atoms with Gasteiger partial charge in [0, 0.05) is 24.5 Å². The van der Waals surface area contributed by atoms with Crippen LogP contribution in [0.25, 0.3) is 5.57 Å². The van der Waals surface area contributed by atoms with Crippen LogP contribution in [0.1, 0.15) is 63.0 Å². The largest absolute Gasteiger partial charge is 0.351 e. The number of allylic oxidation sites excluding steroid dienone is 11. The van der Waals surface area contributed by atoms with E-state index in [0.717, 1.165) is 0 Å². The van der Waals surface area contributed by atoms with Gasteiger partial charge in [0.15, 0.2) is 0 Å². The molecule has 0 saturated heterocycles. The summed E-state index contributed by atoms with van der Waals surface area (Å²) in [5.41, 5.74) is 4.98. The van der Waals surface area contributed by atoms with Crippen LogP contribution in [-0.4, -0.2) is 7.05 Å². The lowest BCUT2D eigenvalue weighted by Crippen LogP contribution is -2.13. The van der Waals surface area contributed by atoms with Crippen LogP contribution < -0.4 is 4.90 Å². The van der Waals surface area contributed by atoms with E-state index >= 15 is 0 Å². The first-order valence-electron chi connectivity index (χ1n) is 8.57. The lowest BCUT2D eigenvalue weighted by Gasteiger charge is -2.23. The summed E-state index contributed by atoms with van der Waals surface area (Å²) in [6.45, 7) is 8.12. The topological polar surface area (TPSA) is 3.24 Å². The van der Waals surface area contributed by atoms with Crippen LogP contribution in [0.2, 0.25) is 0 Å². The van der Waals surface area contributed by atoms with Crippen molar-refractivity contribution >= 4 is 11.3 Å². The quantitative estimate of drug-likeness (QED) is 0.468. The Morgan fingerprint density at radius 3 is 2.14 bits per heavy atom. The number of rotatable bonds is 4. The summed E-state index contributed by atoms with van der Waals surface area (Å²) in [4.78, 5) is 2.15. The van der Waals surface area contributed by atoms with E-state index in [2.05, 4.69) is 79.7 Å². The highest BCUT2D eigenvalue weighted by Crippen LogP contribution is 2.31. The number of hydrogen-bond donors (Lipinski definition) is 0. The van der Waals surface area contributed by atoms with Crippen molar-refractivity contribution in [1.82, 2.24) is 0 Å². The molecule has 2 rings (SSSR count). The maximum atomic E-state index is 2.18. The molecule has 28 heavy (non-hydrogen) atoms. The van der Waals surface area contributed by atoms with Crippen LogP contribution in [0.5, 0.6) is 0 Å². The average Bonchev–Trinajstić information content (AvgIpc) is 2.63. The molecular formula is C27H45N. The van der Waals surface area contributed by atoms with Gasteiger partial charge in [0.25, 0.3) is 0 Å². The first-order valence-corrected chi connectivity index (χ1v) is 8.57. The highest BCUT2D eigenvalue weighted by molar-refractivity contribution is 5.86. The molecule has 1 aromatic rings. The van der Waals surface area contributed by atoms with Crippen LogP contribution in [-0.2, 0) is 0 Å². The molecule has 0 fully saturated rings. The highest BCUT2D eigenvalue weighted by Gasteiger charge is 2.11. The number of nitrogens with zero attached hydrogens (tertiary/aromatic N) is 1. The van der Waals surface area contributed by atoms with Gasteiger partial charge < -0.3 is 4.90 Å². The third-order valence-electron chi connectivity index (χ3n) is 3.48. The monoisotopic (exact) mass is 383 g/mol. The van der Waals surface area contributed by atoms with Gasteiger partial charge >= 0.3 is 0 Å². The van der Waals surface area contributed by atoms with Crippen LogP contribution in [0.3, 0.4) is 0 Å². The van der Waals surface area contributed by atoms with Crippen LogP contribution >= 0.6 is 0 Å². The van der Waals surface area contributed by atoms with E-state index in [1.165, 1.54) is 22.4 Å². The van der Waals surface area contributed by atoms with E-state index in [1.54, 1.807) is 0 Å². The van der Waals surface area contributed by atoms with Gasteiger partial charge in [-0.25, -0.2) is 0 Å². The maximum Gasteiger partial charge on any atom is 0.0483 e. The number of anilines is 1. The normalized spacial score (nSPS) is 13.8. The zero-order chi connectivity index (χ0) is 17.8. The summed E-state index contributed by atoms with van der Waals surface area (Å²) in [5, 5.41) is 0. The summed E-state index contributed by atoms with van der Waals surface area (Å²) in [7, 11) is 2.08. The standard InChI is InChI=1S/C21H23N.C2H6.4CH4/c1-4-5-6-7-8-11-18(2)14-15-19-16-17-22(3)21-13-10-9-12-20(19)21;1-2;;;;/h4-17H,1-3H3;1-2H3;4*1H4.